The Bertz CT molecular complexity index is 265. The van der Waals surface area contributed by atoms with Crippen molar-refractivity contribution in [2.24, 2.45) is 10.9 Å². The van der Waals surface area contributed by atoms with Crippen LogP contribution in [0.25, 0.3) is 0 Å². The predicted octanol–water partition coefficient (Wildman–Crippen LogP) is 5.94. The quantitative estimate of drug-likeness (QED) is 0.323. The summed E-state index contributed by atoms with van der Waals surface area (Å²) in [4.78, 5) is 4.49. The van der Waals surface area contributed by atoms with Crippen molar-refractivity contribution in [3.05, 3.63) is 12.2 Å². The molecule has 0 spiro atoms. The third kappa shape index (κ3) is 8.23. The summed E-state index contributed by atoms with van der Waals surface area (Å²) in [5.74, 6) is 0.808. The van der Waals surface area contributed by atoms with E-state index in [1.54, 1.807) is 0 Å². The van der Waals surface area contributed by atoms with Crippen LogP contribution >= 0.6 is 0 Å². The number of hydrogen-bond donors (Lipinski definition) is 0. The molecule has 1 aliphatic rings. The van der Waals surface area contributed by atoms with Gasteiger partial charge in [-0.3, -0.25) is 4.99 Å². The molecule has 1 heteroatoms. The molecule has 110 valence electrons. The van der Waals surface area contributed by atoms with Crippen molar-refractivity contribution in [3.63, 3.8) is 0 Å². The van der Waals surface area contributed by atoms with Crippen LogP contribution in [0.4, 0.5) is 0 Å². The average Bonchev–Trinajstić information content (AvgIpc) is 2.82. The first-order valence-electron chi connectivity index (χ1n) is 8.50. The fraction of sp³-hybridized carbons (Fsp3) is 0.833. The maximum absolute atomic E-state index is 4.49. The number of aliphatic imine (C=N–C) groups is 1. The maximum Gasteiger partial charge on any atom is 0.0394 e. The summed E-state index contributed by atoms with van der Waals surface area (Å²) in [6.45, 7) is 5.56. The highest BCUT2D eigenvalue weighted by molar-refractivity contribution is 5.85. The van der Waals surface area contributed by atoms with E-state index in [-0.39, 0.29) is 0 Å². The van der Waals surface area contributed by atoms with Gasteiger partial charge in [-0.25, -0.2) is 0 Å². The normalized spacial score (nSPS) is 19.3. The molecule has 0 radical (unpaired) electrons. The van der Waals surface area contributed by atoms with Crippen LogP contribution < -0.4 is 0 Å². The van der Waals surface area contributed by atoms with Gasteiger partial charge in [0.15, 0.2) is 0 Å². The van der Waals surface area contributed by atoms with Gasteiger partial charge in [0.25, 0.3) is 0 Å². The molecule has 0 saturated heterocycles. The Morgan fingerprint density at radius 3 is 2.32 bits per heavy atom. The first-order chi connectivity index (χ1) is 9.34. The van der Waals surface area contributed by atoms with Crippen molar-refractivity contribution in [1.82, 2.24) is 0 Å². The molecule has 1 heterocycles. The SMILES string of the molecule is CCCCCCC/C=C\CCCC[C@H]1CCN=C1C. The molecule has 19 heavy (non-hydrogen) atoms. The molecule has 0 saturated carbocycles. The van der Waals surface area contributed by atoms with Crippen molar-refractivity contribution in [2.75, 3.05) is 6.54 Å². The largest absolute Gasteiger partial charge is 0.294 e. The van der Waals surface area contributed by atoms with Crippen LogP contribution in [-0.4, -0.2) is 12.3 Å². The van der Waals surface area contributed by atoms with E-state index in [4.69, 9.17) is 0 Å². The molecule has 0 aliphatic carbocycles. The molecule has 0 aromatic carbocycles. The van der Waals surface area contributed by atoms with Gasteiger partial charge in [-0.05, 0) is 51.4 Å². The van der Waals surface area contributed by atoms with Gasteiger partial charge in [0.2, 0.25) is 0 Å². The van der Waals surface area contributed by atoms with Crippen LogP contribution in [0.3, 0.4) is 0 Å². The third-order valence-electron chi connectivity index (χ3n) is 4.24. The Hall–Kier alpha value is -0.590. The van der Waals surface area contributed by atoms with Gasteiger partial charge in [-0.15, -0.1) is 0 Å². The second-order valence-corrected chi connectivity index (χ2v) is 5.97. The van der Waals surface area contributed by atoms with Crippen LogP contribution in [0.15, 0.2) is 17.1 Å². The fourth-order valence-electron chi connectivity index (χ4n) is 2.84. The van der Waals surface area contributed by atoms with Gasteiger partial charge in [0.05, 0.1) is 0 Å². The highest BCUT2D eigenvalue weighted by atomic mass is 14.8. The number of allylic oxidation sites excluding steroid dienone is 2. The molecule has 0 aromatic rings. The van der Waals surface area contributed by atoms with E-state index < -0.39 is 0 Å². The Labute approximate surface area is 120 Å². The topological polar surface area (TPSA) is 12.4 Å². The van der Waals surface area contributed by atoms with Crippen molar-refractivity contribution in [3.8, 4) is 0 Å². The van der Waals surface area contributed by atoms with Gasteiger partial charge in [0.1, 0.15) is 0 Å². The van der Waals surface area contributed by atoms with Crippen LogP contribution in [0.1, 0.15) is 84.5 Å². The van der Waals surface area contributed by atoms with E-state index in [0.717, 1.165) is 12.5 Å². The van der Waals surface area contributed by atoms with E-state index in [2.05, 4.69) is 31.0 Å². The average molecular weight is 263 g/mol. The van der Waals surface area contributed by atoms with E-state index in [1.165, 1.54) is 76.3 Å². The summed E-state index contributed by atoms with van der Waals surface area (Å²) in [5, 5.41) is 0. The maximum atomic E-state index is 4.49. The standard InChI is InChI=1S/C18H33N/c1-3-4-5-6-7-8-9-10-11-12-13-14-18-15-16-19-17(18)2/h9-10,18H,3-8,11-16H2,1-2H3/b10-9-/t18-/m0/s1. The summed E-state index contributed by atoms with van der Waals surface area (Å²) in [6.07, 6.45) is 19.7. The van der Waals surface area contributed by atoms with Gasteiger partial charge < -0.3 is 0 Å². The number of unbranched alkanes of at least 4 members (excludes halogenated alkanes) is 7. The van der Waals surface area contributed by atoms with Gasteiger partial charge in [-0.2, -0.15) is 0 Å². The minimum absolute atomic E-state index is 0.808. The van der Waals surface area contributed by atoms with Crippen LogP contribution in [-0.2, 0) is 0 Å². The number of hydrogen-bond acceptors (Lipinski definition) is 1. The van der Waals surface area contributed by atoms with Crippen LogP contribution in [0.2, 0.25) is 0 Å². The summed E-state index contributed by atoms with van der Waals surface area (Å²) < 4.78 is 0. The lowest BCUT2D eigenvalue weighted by atomic mass is 9.96. The molecular formula is C18H33N. The molecule has 1 atom stereocenters. The minimum Gasteiger partial charge on any atom is -0.294 e. The molecule has 0 bridgehead atoms. The zero-order valence-corrected chi connectivity index (χ0v) is 13.2. The molecule has 0 amide bonds. The Balaban J connectivity index is 1.84. The summed E-state index contributed by atoms with van der Waals surface area (Å²) in [6, 6.07) is 0. The first kappa shape index (κ1) is 16.5. The molecule has 0 unspecified atom stereocenters. The van der Waals surface area contributed by atoms with Crippen molar-refractivity contribution < 1.29 is 0 Å². The monoisotopic (exact) mass is 263 g/mol. The molecule has 0 N–H and O–H groups in total. The summed E-state index contributed by atoms with van der Waals surface area (Å²) in [7, 11) is 0. The first-order valence-corrected chi connectivity index (χ1v) is 8.50. The highest BCUT2D eigenvalue weighted by Gasteiger charge is 2.15. The molecular weight excluding hydrogens is 230 g/mol. The predicted molar refractivity (Wildman–Crippen MR) is 87.1 cm³/mol. The Morgan fingerprint density at radius 2 is 1.68 bits per heavy atom. The van der Waals surface area contributed by atoms with Gasteiger partial charge >= 0.3 is 0 Å². The summed E-state index contributed by atoms with van der Waals surface area (Å²) >= 11 is 0. The molecule has 1 nitrogen and oxygen atoms in total. The Kier molecular flexibility index (Phi) is 9.75. The van der Waals surface area contributed by atoms with Crippen LogP contribution in [0, 0.1) is 5.92 Å². The molecule has 1 aliphatic heterocycles. The second kappa shape index (κ2) is 11.3. The lowest BCUT2D eigenvalue weighted by molar-refractivity contribution is 0.566. The number of rotatable bonds is 11. The second-order valence-electron chi connectivity index (χ2n) is 5.97. The lowest BCUT2D eigenvalue weighted by Crippen LogP contribution is -2.05. The molecule has 1 rings (SSSR count). The van der Waals surface area contributed by atoms with E-state index >= 15 is 0 Å². The zero-order chi connectivity index (χ0) is 13.8. The molecule has 0 aromatic heterocycles. The van der Waals surface area contributed by atoms with Crippen molar-refractivity contribution >= 4 is 5.71 Å². The summed E-state index contributed by atoms with van der Waals surface area (Å²) in [5.41, 5.74) is 1.41. The fourth-order valence-corrected chi connectivity index (χ4v) is 2.84. The van der Waals surface area contributed by atoms with Crippen molar-refractivity contribution in [1.29, 1.82) is 0 Å². The zero-order valence-electron chi connectivity index (χ0n) is 13.2. The minimum atomic E-state index is 0.808. The third-order valence-corrected chi connectivity index (χ3v) is 4.24. The molecule has 0 fully saturated rings. The van der Waals surface area contributed by atoms with Crippen molar-refractivity contribution in [2.45, 2.75) is 84.5 Å². The highest BCUT2D eigenvalue weighted by Crippen LogP contribution is 2.20. The van der Waals surface area contributed by atoms with Gasteiger partial charge in [-0.1, -0.05) is 51.2 Å². The smallest absolute Gasteiger partial charge is 0.0394 e. The van der Waals surface area contributed by atoms with Gasteiger partial charge in [0, 0.05) is 12.3 Å². The van der Waals surface area contributed by atoms with E-state index in [0.29, 0.717) is 0 Å². The number of nitrogens with zero attached hydrogens (tertiary/aromatic N) is 1. The van der Waals surface area contributed by atoms with E-state index in [1.807, 2.05) is 0 Å². The van der Waals surface area contributed by atoms with E-state index in [9.17, 15) is 0 Å². The van der Waals surface area contributed by atoms with Crippen LogP contribution in [0.5, 0.6) is 0 Å². The lowest BCUT2D eigenvalue weighted by Gasteiger charge is -2.08. The Morgan fingerprint density at radius 1 is 1.00 bits per heavy atom.